The van der Waals surface area contributed by atoms with E-state index in [4.69, 9.17) is 9.47 Å². The van der Waals surface area contributed by atoms with E-state index in [1.54, 1.807) is 0 Å². The molecule has 0 saturated carbocycles. The van der Waals surface area contributed by atoms with Crippen LogP contribution in [0.25, 0.3) is 0 Å². The molecule has 0 radical (unpaired) electrons. The van der Waals surface area contributed by atoms with Gasteiger partial charge in [0.25, 0.3) is 0 Å². The standard InChI is InChI=1S/C13H19NO2/c1-9(2)12-7-10-8-13(15-5-6-16-13)4-3-11(10)14-12/h7,9,14H,3-6,8H2,1-2H3. The first-order valence-corrected chi connectivity index (χ1v) is 6.17. The maximum Gasteiger partial charge on any atom is 0.172 e. The van der Waals surface area contributed by atoms with Gasteiger partial charge >= 0.3 is 0 Å². The van der Waals surface area contributed by atoms with Gasteiger partial charge in [-0.2, -0.15) is 0 Å². The van der Waals surface area contributed by atoms with Gasteiger partial charge in [-0.3, -0.25) is 0 Å². The zero-order chi connectivity index (χ0) is 11.2. The largest absolute Gasteiger partial charge is 0.362 e. The summed E-state index contributed by atoms with van der Waals surface area (Å²) in [6, 6.07) is 2.28. The molecule has 3 heteroatoms. The smallest absolute Gasteiger partial charge is 0.172 e. The number of nitrogens with one attached hydrogen (secondary N) is 1. The molecule has 1 spiro atoms. The maximum absolute atomic E-state index is 5.77. The van der Waals surface area contributed by atoms with Crippen molar-refractivity contribution < 1.29 is 9.47 Å². The fourth-order valence-corrected chi connectivity index (χ4v) is 2.69. The molecule has 2 heterocycles. The zero-order valence-electron chi connectivity index (χ0n) is 10.0. The fourth-order valence-electron chi connectivity index (χ4n) is 2.69. The van der Waals surface area contributed by atoms with Crippen LogP contribution in [0, 0.1) is 0 Å². The molecular weight excluding hydrogens is 202 g/mol. The summed E-state index contributed by atoms with van der Waals surface area (Å²) >= 11 is 0. The number of aromatic nitrogens is 1. The Bertz CT molecular complexity index is 389. The predicted octanol–water partition coefficient (Wildman–Crippen LogP) is 2.37. The lowest BCUT2D eigenvalue weighted by Crippen LogP contribution is -2.36. The summed E-state index contributed by atoms with van der Waals surface area (Å²) in [4.78, 5) is 3.53. The monoisotopic (exact) mass is 221 g/mol. The Balaban J connectivity index is 1.88. The van der Waals surface area contributed by atoms with Crippen LogP contribution >= 0.6 is 0 Å². The van der Waals surface area contributed by atoms with Crippen molar-refractivity contribution in [2.45, 2.75) is 44.8 Å². The molecule has 0 amide bonds. The molecule has 0 bridgehead atoms. The Labute approximate surface area is 96.1 Å². The van der Waals surface area contributed by atoms with Crippen LogP contribution < -0.4 is 0 Å². The second kappa shape index (κ2) is 3.60. The van der Waals surface area contributed by atoms with Gasteiger partial charge < -0.3 is 14.5 Å². The first-order chi connectivity index (χ1) is 7.69. The van der Waals surface area contributed by atoms with Gasteiger partial charge in [-0.1, -0.05) is 13.8 Å². The molecule has 3 rings (SSSR count). The van der Waals surface area contributed by atoms with Crippen molar-refractivity contribution in [1.82, 2.24) is 4.98 Å². The molecule has 1 fully saturated rings. The molecule has 16 heavy (non-hydrogen) atoms. The number of hydrogen-bond acceptors (Lipinski definition) is 2. The van der Waals surface area contributed by atoms with E-state index in [-0.39, 0.29) is 5.79 Å². The van der Waals surface area contributed by atoms with Crippen LogP contribution in [0.2, 0.25) is 0 Å². The van der Waals surface area contributed by atoms with E-state index < -0.39 is 0 Å². The molecule has 1 aliphatic carbocycles. The Morgan fingerprint density at radius 2 is 2.06 bits per heavy atom. The Morgan fingerprint density at radius 1 is 1.31 bits per heavy atom. The van der Waals surface area contributed by atoms with Crippen molar-refractivity contribution in [2.24, 2.45) is 0 Å². The first kappa shape index (κ1) is 10.4. The highest BCUT2D eigenvalue weighted by molar-refractivity contribution is 5.31. The van der Waals surface area contributed by atoms with Crippen molar-refractivity contribution in [3.05, 3.63) is 23.0 Å². The minimum Gasteiger partial charge on any atom is -0.362 e. The highest BCUT2D eigenvalue weighted by Gasteiger charge is 2.40. The summed E-state index contributed by atoms with van der Waals surface area (Å²) in [6.07, 6.45) is 2.94. The minimum absolute atomic E-state index is 0.302. The summed E-state index contributed by atoms with van der Waals surface area (Å²) in [5, 5.41) is 0. The number of rotatable bonds is 1. The number of H-pyrrole nitrogens is 1. The highest BCUT2D eigenvalue weighted by Crippen LogP contribution is 2.36. The van der Waals surface area contributed by atoms with E-state index in [1.807, 2.05) is 0 Å². The topological polar surface area (TPSA) is 34.2 Å². The number of hydrogen-bond donors (Lipinski definition) is 1. The second-order valence-electron chi connectivity index (χ2n) is 5.17. The summed E-state index contributed by atoms with van der Waals surface area (Å²) in [5.41, 5.74) is 4.10. The van der Waals surface area contributed by atoms with E-state index >= 15 is 0 Å². The van der Waals surface area contributed by atoms with Crippen LogP contribution in [0.4, 0.5) is 0 Å². The van der Waals surface area contributed by atoms with Crippen LogP contribution in [0.3, 0.4) is 0 Å². The molecule has 0 atom stereocenters. The van der Waals surface area contributed by atoms with E-state index in [1.165, 1.54) is 17.0 Å². The van der Waals surface area contributed by atoms with Gasteiger partial charge in [-0.15, -0.1) is 0 Å². The highest BCUT2D eigenvalue weighted by atomic mass is 16.7. The molecule has 0 unspecified atom stereocenters. The zero-order valence-corrected chi connectivity index (χ0v) is 10.0. The predicted molar refractivity (Wildman–Crippen MR) is 61.5 cm³/mol. The van der Waals surface area contributed by atoms with Crippen molar-refractivity contribution >= 4 is 0 Å². The molecule has 1 N–H and O–H groups in total. The fraction of sp³-hybridized carbons (Fsp3) is 0.692. The van der Waals surface area contributed by atoms with E-state index in [2.05, 4.69) is 24.9 Å². The van der Waals surface area contributed by atoms with E-state index in [0.717, 1.165) is 32.5 Å². The number of aromatic amines is 1. The van der Waals surface area contributed by atoms with Crippen molar-refractivity contribution in [3.8, 4) is 0 Å². The van der Waals surface area contributed by atoms with Gasteiger partial charge in [-0.05, 0) is 24.0 Å². The van der Waals surface area contributed by atoms with Crippen molar-refractivity contribution in [2.75, 3.05) is 13.2 Å². The van der Waals surface area contributed by atoms with E-state index in [0.29, 0.717) is 5.92 Å². The summed E-state index contributed by atoms with van der Waals surface area (Å²) in [6.45, 7) is 5.93. The van der Waals surface area contributed by atoms with Crippen LogP contribution in [-0.2, 0) is 22.3 Å². The summed E-state index contributed by atoms with van der Waals surface area (Å²) in [5.74, 6) is 0.260. The lowest BCUT2D eigenvalue weighted by Gasteiger charge is -2.31. The van der Waals surface area contributed by atoms with Gasteiger partial charge in [0, 0.05) is 24.2 Å². The molecular formula is C13H19NO2. The number of aryl methyl sites for hydroxylation is 1. The third kappa shape index (κ3) is 1.59. The second-order valence-corrected chi connectivity index (χ2v) is 5.17. The molecule has 1 aliphatic heterocycles. The molecule has 0 aromatic carbocycles. The average Bonchev–Trinajstić information content (AvgIpc) is 2.85. The first-order valence-electron chi connectivity index (χ1n) is 6.17. The molecule has 2 aliphatic rings. The Hall–Kier alpha value is -0.800. The molecule has 1 aromatic heterocycles. The van der Waals surface area contributed by atoms with E-state index in [9.17, 15) is 0 Å². The SMILES string of the molecule is CC(C)c1cc2c([nH]1)CCC1(C2)OCCO1. The molecule has 88 valence electrons. The Kier molecular flexibility index (Phi) is 2.33. The molecule has 3 nitrogen and oxygen atoms in total. The van der Waals surface area contributed by atoms with Gasteiger partial charge in [0.2, 0.25) is 0 Å². The van der Waals surface area contributed by atoms with Gasteiger partial charge in [0.1, 0.15) is 0 Å². The molecule has 1 saturated heterocycles. The van der Waals surface area contributed by atoms with Gasteiger partial charge in [0.15, 0.2) is 5.79 Å². The third-order valence-electron chi connectivity index (χ3n) is 3.66. The lowest BCUT2D eigenvalue weighted by molar-refractivity contribution is -0.163. The van der Waals surface area contributed by atoms with Gasteiger partial charge in [-0.25, -0.2) is 0 Å². The normalized spacial score (nSPS) is 22.9. The van der Waals surface area contributed by atoms with Gasteiger partial charge in [0.05, 0.1) is 13.2 Å². The van der Waals surface area contributed by atoms with Crippen molar-refractivity contribution in [3.63, 3.8) is 0 Å². The van der Waals surface area contributed by atoms with Crippen LogP contribution in [-0.4, -0.2) is 24.0 Å². The summed E-state index contributed by atoms with van der Waals surface area (Å²) in [7, 11) is 0. The number of fused-ring (bicyclic) bond motifs is 1. The third-order valence-corrected chi connectivity index (χ3v) is 3.66. The minimum atomic E-state index is -0.302. The lowest BCUT2D eigenvalue weighted by atomic mass is 9.92. The van der Waals surface area contributed by atoms with Crippen molar-refractivity contribution in [1.29, 1.82) is 0 Å². The van der Waals surface area contributed by atoms with Crippen LogP contribution in [0.1, 0.15) is 43.1 Å². The summed E-state index contributed by atoms with van der Waals surface area (Å²) < 4.78 is 11.5. The maximum atomic E-state index is 5.77. The van der Waals surface area contributed by atoms with Crippen LogP contribution in [0.5, 0.6) is 0 Å². The average molecular weight is 221 g/mol. The van der Waals surface area contributed by atoms with Crippen LogP contribution in [0.15, 0.2) is 6.07 Å². The quantitative estimate of drug-likeness (QED) is 0.790. The molecule has 1 aromatic rings. The number of ether oxygens (including phenoxy) is 2. The Morgan fingerprint density at radius 3 is 2.75 bits per heavy atom.